The first kappa shape index (κ1) is 14.1. The maximum absolute atomic E-state index is 11.4. The van der Waals surface area contributed by atoms with Crippen LogP contribution in [-0.4, -0.2) is 23.2 Å². The number of aromatic carboxylic acids is 1. The van der Waals surface area contributed by atoms with Crippen molar-refractivity contribution in [1.29, 1.82) is 0 Å². The maximum Gasteiger partial charge on any atom is 0.337 e. The number of methoxy groups -OCH3 is 1. The van der Waals surface area contributed by atoms with E-state index >= 15 is 0 Å². The van der Waals surface area contributed by atoms with Gasteiger partial charge in [-0.15, -0.1) is 0 Å². The lowest BCUT2D eigenvalue weighted by atomic mass is 9.96. The number of aromatic nitrogens is 1. The number of nitrogens with zero attached hydrogens (tertiary/aromatic N) is 1. The first-order chi connectivity index (χ1) is 10.6. The minimum atomic E-state index is -0.975. The zero-order chi connectivity index (χ0) is 15.7. The number of hydrogen-bond donors (Lipinski definition) is 1. The van der Waals surface area contributed by atoms with Crippen molar-refractivity contribution in [3.8, 4) is 16.9 Å². The zero-order valence-corrected chi connectivity index (χ0v) is 12.3. The second-order valence-electron chi connectivity index (χ2n) is 5.10. The smallest absolute Gasteiger partial charge is 0.337 e. The van der Waals surface area contributed by atoms with Crippen molar-refractivity contribution in [1.82, 2.24) is 4.98 Å². The third-order valence-electron chi connectivity index (χ3n) is 3.60. The molecule has 1 N–H and O–H groups in total. The molecule has 0 aliphatic heterocycles. The molecule has 0 amide bonds. The Morgan fingerprint density at radius 2 is 2.00 bits per heavy atom. The van der Waals surface area contributed by atoms with Crippen molar-refractivity contribution in [3.05, 3.63) is 59.8 Å². The Morgan fingerprint density at radius 3 is 2.73 bits per heavy atom. The van der Waals surface area contributed by atoms with E-state index in [4.69, 9.17) is 4.74 Å². The van der Waals surface area contributed by atoms with Crippen molar-refractivity contribution < 1.29 is 14.6 Å². The summed E-state index contributed by atoms with van der Waals surface area (Å²) in [5, 5.41) is 10.1. The van der Waals surface area contributed by atoms with Crippen molar-refractivity contribution in [3.63, 3.8) is 0 Å². The van der Waals surface area contributed by atoms with Gasteiger partial charge in [-0.1, -0.05) is 18.2 Å². The Labute approximate surface area is 128 Å². The first-order valence-electron chi connectivity index (χ1n) is 6.87. The van der Waals surface area contributed by atoms with E-state index in [9.17, 15) is 9.90 Å². The lowest BCUT2D eigenvalue weighted by molar-refractivity contribution is 0.0699. The van der Waals surface area contributed by atoms with E-state index in [1.807, 2.05) is 43.3 Å². The van der Waals surface area contributed by atoms with Crippen LogP contribution in [0.2, 0.25) is 0 Å². The van der Waals surface area contributed by atoms with Gasteiger partial charge < -0.3 is 9.84 Å². The molecule has 0 unspecified atom stereocenters. The standard InChI is InChI=1S/C18H15NO3/c1-11-8-12(10-13(9-11)22-2)14-5-6-16(18(20)21)17-15(14)4-3-7-19-17/h3-10H,1-2H3,(H,20,21). The van der Waals surface area contributed by atoms with Gasteiger partial charge in [-0.05, 0) is 47.9 Å². The number of benzene rings is 2. The van der Waals surface area contributed by atoms with E-state index in [-0.39, 0.29) is 5.56 Å². The monoisotopic (exact) mass is 293 g/mol. The topological polar surface area (TPSA) is 59.4 Å². The van der Waals surface area contributed by atoms with Gasteiger partial charge in [-0.3, -0.25) is 4.98 Å². The highest BCUT2D eigenvalue weighted by molar-refractivity contribution is 6.06. The van der Waals surface area contributed by atoms with Gasteiger partial charge in [-0.25, -0.2) is 4.79 Å². The Bertz CT molecular complexity index is 871. The van der Waals surface area contributed by atoms with E-state index in [0.29, 0.717) is 5.52 Å². The van der Waals surface area contributed by atoms with E-state index in [0.717, 1.165) is 27.8 Å². The van der Waals surface area contributed by atoms with Crippen molar-refractivity contribution in [2.75, 3.05) is 7.11 Å². The van der Waals surface area contributed by atoms with Gasteiger partial charge in [0, 0.05) is 11.6 Å². The van der Waals surface area contributed by atoms with E-state index < -0.39 is 5.97 Å². The zero-order valence-electron chi connectivity index (χ0n) is 12.3. The summed E-state index contributed by atoms with van der Waals surface area (Å²) in [6, 6.07) is 13.1. The average molecular weight is 293 g/mol. The third kappa shape index (κ3) is 2.39. The summed E-state index contributed by atoms with van der Waals surface area (Å²) in [6.07, 6.45) is 1.61. The number of rotatable bonds is 3. The molecule has 3 aromatic rings. The van der Waals surface area contributed by atoms with Crippen LogP contribution in [0.1, 0.15) is 15.9 Å². The SMILES string of the molecule is COc1cc(C)cc(-c2ccc(C(=O)O)c3ncccc23)c1. The first-order valence-corrected chi connectivity index (χ1v) is 6.87. The number of ether oxygens (including phenoxy) is 1. The predicted molar refractivity (Wildman–Crippen MR) is 85.4 cm³/mol. The molecular formula is C18H15NO3. The van der Waals surface area contributed by atoms with Crippen LogP contribution in [-0.2, 0) is 0 Å². The highest BCUT2D eigenvalue weighted by atomic mass is 16.5. The highest BCUT2D eigenvalue weighted by Crippen LogP contribution is 2.32. The molecule has 0 saturated carbocycles. The minimum absolute atomic E-state index is 0.207. The van der Waals surface area contributed by atoms with Gasteiger partial charge in [0.2, 0.25) is 0 Å². The van der Waals surface area contributed by atoms with Crippen LogP contribution < -0.4 is 4.74 Å². The van der Waals surface area contributed by atoms with Crippen LogP contribution in [0.25, 0.3) is 22.0 Å². The summed E-state index contributed by atoms with van der Waals surface area (Å²) < 4.78 is 5.32. The molecule has 110 valence electrons. The molecule has 0 aliphatic carbocycles. The number of carbonyl (C=O) groups is 1. The van der Waals surface area contributed by atoms with Crippen molar-refractivity contribution in [2.45, 2.75) is 6.92 Å². The normalized spacial score (nSPS) is 10.6. The van der Waals surface area contributed by atoms with Gasteiger partial charge >= 0.3 is 5.97 Å². The quantitative estimate of drug-likeness (QED) is 0.795. The highest BCUT2D eigenvalue weighted by Gasteiger charge is 2.13. The number of aryl methyl sites for hydroxylation is 1. The van der Waals surface area contributed by atoms with Crippen molar-refractivity contribution >= 4 is 16.9 Å². The molecular weight excluding hydrogens is 278 g/mol. The molecule has 0 spiro atoms. The minimum Gasteiger partial charge on any atom is -0.497 e. The maximum atomic E-state index is 11.4. The Kier molecular flexibility index (Phi) is 3.51. The molecule has 0 bridgehead atoms. The van der Waals surface area contributed by atoms with Gasteiger partial charge in [0.25, 0.3) is 0 Å². The fourth-order valence-electron chi connectivity index (χ4n) is 2.62. The van der Waals surface area contributed by atoms with Gasteiger partial charge in [0.1, 0.15) is 5.75 Å². The van der Waals surface area contributed by atoms with Gasteiger partial charge in [-0.2, -0.15) is 0 Å². The second-order valence-corrected chi connectivity index (χ2v) is 5.10. The molecule has 0 aliphatic rings. The van der Waals surface area contributed by atoms with E-state index in [2.05, 4.69) is 4.98 Å². The molecule has 0 saturated heterocycles. The molecule has 0 atom stereocenters. The van der Waals surface area contributed by atoms with Crippen LogP contribution in [0.15, 0.2) is 48.7 Å². The lowest BCUT2D eigenvalue weighted by Crippen LogP contribution is -1.99. The number of carboxylic acid groups (broad SMARTS) is 1. The summed E-state index contributed by atoms with van der Waals surface area (Å²) in [5.41, 5.74) is 3.70. The van der Waals surface area contributed by atoms with Crippen LogP contribution in [0, 0.1) is 6.92 Å². The lowest BCUT2D eigenvalue weighted by Gasteiger charge is -2.11. The number of hydrogen-bond acceptors (Lipinski definition) is 3. The molecule has 2 aromatic carbocycles. The van der Waals surface area contributed by atoms with Crippen LogP contribution >= 0.6 is 0 Å². The van der Waals surface area contributed by atoms with Crippen molar-refractivity contribution in [2.24, 2.45) is 0 Å². The fourth-order valence-corrected chi connectivity index (χ4v) is 2.62. The largest absolute Gasteiger partial charge is 0.497 e. The Balaban J connectivity index is 2.31. The van der Waals surface area contributed by atoms with E-state index in [1.165, 1.54) is 0 Å². The molecule has 4 nitrogen and oxygen atoms in total. The number of pyridine rings is 1. The number of fused-ring (bicyclic) bond motifs is 1. The van der Waals surface area contributed by atoms with Gasteiger partial charge in [0.05, 0.1) is 18.2 Å². The van der Waals surface area contributed by atoms with Crippen LogP contribution in [0.3, 0.4) is 0 Å². The molecule has 1 heterocycles. The molecule has 3 rings (SSSR count). The summed E-state index contributed by atoms with van der Waals surface area (Å²) in [4.78, 5) is 15.6. The van der Waals surface area contributed by atoms with Gasteiger partial charge in [0.15, 0.2) is 0 Å². The summed E-state index contributed by atoms with van der Waals surface area (Å²) in [7, 11) is 1.63. The summed E-state index contributed by atoms with van der Waals surface area (Å²) >= 11 is 0. The summed E-state index contributed by atoms with van der Waals surface area (Å²) in [5.74, 6) is -0.202. The molecule has 4 heteroatoms. The third-order valence-corrected chi connectivity index (χ3v) is 3.60. The van der Waals surface area contributed by atoms with E-state index in [1.54, 1.807) is 19.4 Å². The average Bonchev–Trinajstić information content (AvgIpc) is 2.52. The summed E-state index contributed by atoms with van der Waals surface area (Å²) in [6.45, 7) is 2.00. The Hall–Kier alpha value is -2.88. The second kappa shape index (κ2) is 5.48. The molecule has 0 radical (unpaired) electrons. The molecule has 0 fully saturated rings. The molecule has 1 aromatic heterocycles. The number of carboxylic acids is 1. The molecule has 22 heavy (non-hydrogen) atoms. The Morgan fingerprint density at radius 1 is 1.18 bits per heavy atom. The predicted octanol–water partition coefficient (Wildman–Crippen LogP) is 3.92. The fraction of sp³-hybridized carbons (Fsp3) is 0.111. The van der Waals surface area contributed by atoms with Crippen LogP contribution in [0.4, 0.5) is 0 Å². The van der Waals surface area contributed by atoms with Crippen LogP contribution in [0.5, 0.6) is 5.75 Å².